The lowest BCUT2D eigenvalue weighted by atomic mass is 10.0. The maximum Gasteiger partial charge on any atom is 0.161 e. The molecular weight excluding hydrogens is 298 g/mol. The normalized spacial score (nSPS) is 20.8. The molecule has 2 aromatic rings. The average molecular weight is 323 g/mol. The third-order valence-corrected chi connectivity index (χ3v) is 5.15. The van der Waals surface area contributed by atoms with Gasteiger partial charge in [-0.1, -0.05) is 30.3 Å². The van der Waals surface area contributed by atoms with Gasteiger partial charge in [0, 0.05) is 19.0 Å². The first-order valence-electron chi connectivity index (χ1n) is 8.99. The van der Waals surface area contributed by atoms with Crippen molar-refractivity contribution in [2.24, 2.45) is 0 Å². The van der Waals surface area contributed by atoms with Crippen molar-refractivity contribution in [2.75, 3.05) is 19.8 Å². The van der Waals surface area contributed by atoms with E-state index >= 15 is 0 Å². The standard InChI is InChI=1S/C21H25NO2/c1-16-6-2-3-7-18(16)15-22-11-4-8-19(22)17-9-10-20-21(14-17)24-13-5-12-23-20/h2-3,6-7,9-10,14,19H,4-5,8,11-13,15H2,1H3. The first kappa shape index (κ1) is 15.5. The van der Waals surface area contributed by atoms with Gasteiger partial charge >= 0.3 is 0 Å². The summed E-state index contributed by atoms with van der Waals surface area (Å²) < 4.78 is 11.6. The number of hydrogen-bond acceptors (Lipinski definition) is 3. The van der Waals surface area contributed by atoms with E-state index in [1.54, 1.807) is 0 Å². The Morgan fingerprint density at radius 3 is 2.71 bits per heavy atom. The molecule has 2 aliphatic heterocycles. The number of nitrogens with zero attached hydrogens (tertiary/aromatic N) is 1. The second-order valence-electron chi connectivity index (χ2n) is 6.81. The van der Waals surface area contributed by atoms with Crippen molar-refractivity contribution in [1.29, 1.82) is 0 Å². The van der Waals surface area contributed by atoms with Crippen LogP contribution in [0.15, 0.2) is 42.5 Å². The van der Waals surface area contributed by atoms with Crippen molar-refractivity contribution in [3.8, 4) is 11.5 Å². The van der Waals surface area contributed by atoms with E-state index in [0.29, 0.717) is 6.04 Å². The first-order valence-corrected chi connectivity index (χ1v) is 8.99. The van der Waals surface area contributed by atoms with Gasteiger partial charge < -0.3 is 9.47 Å². The van der Waals surface area contributed by atoms with Crippen molar-refractivity contribution in [3.63, 3.8) is 0 Å². The van der Waals surface area contributed by atoms with E-state index in [1.807, 2.05) is 0 Å². The predicted octanol–water partition coefficient (Wildman–Crippen LogP) is 4.49. The summed E-state index contributed by atoms with van der Waals surface area (Å²) in [5.41, 5.74) is 4.16. The van der Waals surface area contributed by atoms with Crippen molar-refractivity contribution in [3.05, 3.63) is 59.2 Å². The molecule has 3 nitrogen and oxygen atoms in total. The predicted molar refractivity (Wildman–Crippen MR) is 95.6 cm³/mol. The highest BCUT2D eigenvalue weighted by atomic mass is 16.5. The summed E-state index contributed by atoms with van der Waals surface area (Å²) in [6, 6.07) is 15.7. The summed E-state index contributed by atoms with van der Waals surface area (Å²) in [4.78, 5) is 2.60. The summed E-state index contributed by atoms with van der Waals surface area (Å²) in [6.07, 6.45) is 3.42. The Morgan fingerprint density at radius 1 is 1.00 bits per heavy atom. The molecule has 0 radical (unpaired) electrons. The van der Waals surface area contributed by atoms with Crippen LogP contribution in [0.2, 0.25) is 0 Å². The van der Waals surface area contributed by atoms with Crippen LogP contribution >= 0.6 is 0 Å². The molecule has 1 saturated heterocycles. The van der Waals surface area contributed by atoms with Gasteiger partial charge in [0.25, 0.3) is 0 Å². The lowest BCUT2D eigenvalue weighted by molar-refractivity contribution is 0.247. The highest BCUT2D eigenvalue weighted by Crippen LogP contribution is 2.38. The number of aryl methyl sites for hydroxylation is 1. The second-order valence-corrected chi connectivity index (χ2v) is 6.81. The van der Waals surface area contributed by atoms with E-state index in [0.717, 1.165) is 44.2 Å². The molecule has 0 aromatic heterocycles. The fourth-order valence-electron chi connectivity index (χ4n) is 3.79. The van der Waals surface area contributed by atoms with Gasteiger partial charge in [0.15, 0.2) is 11.5 Å². The van der Waals surface area contributed by atoms with Gasteiger partial charge in [0.05, 0.1) is 13.2 Å². The zero-order valence-electron chi connectivity index (χ0n) is 14.3. The van der Waals surface area contributed by atoms with Crippen molar-refractivity contribution >= 4 is 0 Å². The number of fused-ring (bicyclic) bond motifs is 1. The van der Waals surface area contributed by atoms with Gasteiger partial charge in [0.2, 0.25) is 0 Å². The Kier molecular flexibility index (Phi) is 4.44. The van der Waals surface area contributed by atoms with Crippen molar-refractivity contribution in [1.82, 2.24) is 4.90 Å². The summed E-state index contributed by atoms with van der Waals surface area (Å²) in [7, 11) is 0. The van der Waals surface area contributed by atoms with Crippen LogP contribution in [0.1, 0.15) is 42.0 Å². The third-order valence-electron chi connectivity index (χ3n) is 5.15. The first-order chi connectivity index (χ1) is 11.8. The molecule has 0 aliphatic carbocycles. The van der Waals surface area contributed by atoms with E-state index in [-0.39, 0.29) is 0 Å². The molecule has 0 N–H and O–H groups in total. The van der Waals surface area contributed by atoms with Crippen LogP contribution < -0.4 is 9.47 Å². The van der Waals surface area contributed by atoms with E-state index in [2.05, 4.69) is 54.3 Å². The van der Waals surface area contributed by atoms with Crippen LogP contribution in [0, 0.1) is 6.92 Å². The van der Waals surface area contributed by atoms with Gasteiger partial charge in [-0.2, -0.15) is 0 Å². The van der Waals surface area contributed by atoms with Gasteiger partial charge in [-0.25, -0.2) is 0 Å². The van der Waals surface area contributed by atoms with Crippen LogP contribution in [0.3, 0.4) is 0 Å². The highest BCUT2D eigenvalue weighted by molar-refractivity contribution is 5.44. The molecule has 2 aliphatic rings. The minimum absolute atomic E-state index is 0.474. The number of likely N-dealkylation sites (tertiary alicyclic amines) is 1. The molecule has 4 rings (SSSR count). The van der Waals surface area contributed by atoms with Crippen LogP contribution in [0.4, 0.5) is 0 Å². The average Bonchev–Trinajstić information content (AvgIpc) is 2.93. The van der Waals surface area contributed by atoms with Crippen LogP contribution in [0.25, 0.3) is 0 Å². The summed E-state index contributed by atoms with van der Waals surface area (Å²) in [6.45, 7) is 5.87. The number of ether oxygens (including phenoxy) is 2. The Hall–Kier alpha value is -2.00. The Labute approximate surface area is 144 Å². The molecule has 0 bridgehead atoms. The molecular formula is C21H25NO2. The molecule has 1 unspecified atom stereocenters. The minimum Gasteiger partial charge on any atom is -0.490 e. The molecule has 3 heteroatoms. The smallest absolute Gasteiger partial charge is 0.161 e. The topological polar surface area (TPSA) is 21.7 Å². The highest BCUT2D eigenvalue weighted by Gasteiger charge is 2.27. The Morgan fingerprint density at radius 2 is 1.83 bits per heavy atom. The zero-order valence-corrected chi connectivity index (χ0v) is 14.3. The summed E-state index contributed by atoms with van der Waals surface area (Å²) in [5, 5.41) is 0. The van der Waals surface area contributed by atoms with Gasteiger partial charge in [0.1, 0.15) is 0 Å². The van der Waals surface area contributed by atoms with Crippen LogP contribution in [0.5, 0.6) is 11.5 Å². The minimum atomic E-state index is 0.474. The maximum absolute atomic E-state index is 5.88. The van der Waals surface area contributed by atoms with E-state index < -0.39 is 0 Å². The van der Waals surface area contributed by atoms with E-state index in [1.165, 1.54) is 29.5 Å². The molecule has 1 atom stereocenters. The summed E-state index contributed by atoms with van der Waals surface area (Å²) in [5.74, 6) is 1.80. The van der Waals surface area contributed by atoms with Gasteiger partial charge in [-0.15, -0.1) is 0 Å². The maximum atomic E-state index is 5.88. The molecule has 2 aromatic carbocycles. The third kappa shape index (κ3) is 3.13. The number of benzene rings is 2. The zero-order chi connectivity index (χ0) is 16.4. The van der Waals surface area contributed by atoms with Gasteiger partial charge in [-0.05, 0) is 55.1 Å². The summed E-state index contributed by atoms with van der Waals surface area (Å²) >= 11 is 0. The molecule has 0 amide bonds. The van der Waals surface area contributed by atoms with Gasteiger partial charge in [-0.3, -0.25) is 4.90 Å². The number of rotatable bonds is 3. The molecule has 2 heterocycles. The lowest BCUT2D eigenvalue weighted by Crippen LogP contribution is -2.23. The molecule has 126 valence electrons. The van der Waals surface area contributed by atoms with E-state index in [4.69, 9.17) is 9.47 Å². The lowest BCUT2D eigenvalue weighted by Gasteiger charge is -2.26. The largest absolute Gasteiger partial charge is 0.490 e. The Balaban J connectivity index is 1.56. The molecule has 24 heavy (non-hydrogen) atoms. The van der Waals surface area contributed by atoms with Crippen molar-refractivity contribution in [2.45, 2.75) is 38.8 Å². The van der Waals surface area contributed by atoms with E-state index in [9.17, 15) is 0 Å². The molecule has 0 saturated carbocycles. The fourth-order valence-corrected chi connectivity index (χ4v) is 3.79. The fraction of sp³-hybridized carbons (Fsp3) is 0.429. The monoisotopic (exact) mass is 323 g/mol. The van der Waals surface area contributed by atoms with Crippen LogP contribution in [-0.2, 0) is 6.54 Å². The van der Waals surface area contributed by atoms with Crippen molar-refractivity contribution < 1.29 is 9.47 Å². The van der Waals surface area contributed by atoms with Crippen LogP contribution in [-0.4, -0.2) is 24.7 Å². The molecule has 0 spiro atoms. The Bertz CT molecular complexity index is 713. The second kappa shape index (κ2) is 6.86. The SMILES string of the molecule is Cc1ccccc1CN1CCCC1c1ccc2c(c1)OCCCO2. The quantitative estimate of drug-likeness (QED) is 0.830. The molecule has 1 fully saturated rings. The number of hydrogen-bond donors (Lipinski definition) is 0.